The minimum atomic E-state index is 0.458. The SMILES string of the molecule is Cc1ccccc1CN1CCCC1c1ncc[nH]1. The monoisotopic (exact) mass is 241 g/mol. The second-order valence-corrected chi connectivity index (χ2v) is 5.03. The molecule has 1 fully saturated rings. The van der Waals surface area contributed by atoms with Gasteiger partial charge in [0, 0.05) is 18.9 Å². The van der Waals surface area contributed by atoms with Crippen molar-refractivity contribution in [3.63, 3.8) is 0 Å². The molecule has 0 amide bonds. The first-order chi connectivity index (χ1) is 8.84. The van der Waals surface area contributed by atoms with Gasteiger partial charge >= 0.3 is 0 Å². The van der Waals surface area contributed by atoms with Crippen LogP contribution < -0.4 is 0 Å². The molecule has 3 nitrogen and oxygen atoms in total. The Morgan fingerprint density at radius 1 is 1.39 bits per heavy atom. The van der Waals surface area contributed by atoms with Gasteiger partial charge in [-0.1, -0.05) is 24.3 Å². The normalized spacial score (nSPS) is 20.4. The molecule has 2 heterocycles. The Bertz CT molecular complexity index is 504. The summed E-state index contributed by atoms with van der Waals surface area (Å²) in [5.41, 5.74) is 2.80. The average Bonchev–Trinajstić information content (AvgIpc) is 3.02. The zero-order valence-electron chi connectivity index (χ0n) is 10.8. The molecule has 1 aromatic heterocycles. The van der Waals surface area contributed by atoms with E-state index in [0.29, 0.717) is 6.04 Å². The summed E-state index contributed by atoms with van der Waals surface area (Å²) in [6, 6.07) is 9.10. The van der Waals surface area contributed by atoms with Gasteiger partial charge in [-0.2, -0.15) is 0 Å². The van der Waals surface area contributed by atoms with Crippen LogP contribution in [-0.2, 0) is 6.54 Å². The third-order valence-electron chi connectivity index (χ3n) is 3.83. The van der Waals surface area contributed by atoms with Crippen LogP contribution in [0.3, 0.4) is 0 Å². The van der Waals surface area contributed by atoms with E-state index in [0.717, 1.165) is 12.4 Å². The molecule has 2 aromatic rings. The van der Waals surface area contributed by atoms with Crippen LogP contribution in [0.15, 0.2) is 36.7 Å². The van der Waals surface area contributed by atoms with Crippen molar-refractivity contribution in [3.8, 4) is 0 Å². The highest BCUT2D eigenvalue weighted by atomic mass is 15.2. The minimum Gasteiger partial charge on any atom is -0.347 e. The third-order valence-corrected chi connectivity index (χ3v) is 3.83. The van der Waals surface area contributed by atoms with Crippen LogP contribution >= 0.6 is 0 Å². The summed E-state index contributed by atoms with van der Waals surface area (Å²) in [5.74, 6) is 1.11. The van der Waals surface area contributed by atoms with E-state index in [1.54, 1.807) is 0 Å². The number of nitrogens with one attached hydrogen (secondary N) is 1. The highest BCUT2D eigenvalue weighted by Crippen LogP contribution is 2.31. The Labute approximate surface area is 108 Å². The van der Waals surface area contributed by atoms with Gasteiger partial charge in [0.25, 0.3) is 0 Å². The molecule has 1 N–H and O–H groups in total. The molecule has 1 aromatic carbocycles. The summed E-state index contributed by atoms with van der Waals surface area (Å²) >= 11 is 0. The predicted octanol–water partition coefficient (Wildman–Crippen LogP) is 3.06. The van der Waals surface area contributed by atoms with Gasteiger partial charge in [0.2, 0.25) is 0 Å². The number of aromatic nitrogens is 2. The molecule has 0 bridgehead atoms. The summed E-state index contributed by atoms with van der Waals surface area (Å²) in [4.78, 5) is 10.2. The number of H-pyrrole nitrogens is 1. The smallest absolute Gasteiger partial charge is 0.123 e. The lowest BCUT2D eigenvalue weighted by molar-refractivity contribution is 0.240. The fraction of sp³-hybridized carbons (Fsp3) is 0.400. The molecule has 94 valence electrons. The van der Waals surface area contributed by atoms with Crippen LogP contribution in [0.1, 0.15) is 35.8 Å². The lowest BCUT2D eigenvalue weighted by Crippen LogP contribution is -2.23. The van der Waals surface area contributed by atoms with Crippen molar-refractivity contribution in [2.24, 2.45) is 0 Å². The predicted molar refractivity (Wildman–Crippen MR) is 72.2 cm³/mol. The fourth-order valence-corrected chi connectivity index (χ4v) is 2.79. The summed E-state index contributed by atoms with van der Waals surface area (Å²) in [5, 5.41) is 0. The topological polar surface area (TPSA) is 31.9 Å². The highest BCUT2D eigenvalue weighted by molar-refractivity contribution is 5.25. The zero-order valence-corrected chi connectivity index (χ0v) is 10.8. The van der Waals surface area contributed by atoms with E-state index in [4.69, 9.17) is 0 Å². The largest absolute Gasteiger partial charge is 0.347 e. The Kier molecular flexibility index (Phi) is 3.15. The lowest BCUT2D eigenvalue weighted by atomic mass is 10.1. The molecule has 18 heavy (non-hydrogen) atoms. The van der Waals surface area contributed by atoms with Gasteiger partial charge < -0.3 is 4.98 Å². The van der Waals surface area contributed by atoms with Crippen LogP contribution in [0.5, 0.6) is 0 Å². The summed E-state index contributed by atoms with van der Waals surface area (Å²) in [6.07, 6.45) is 6.23. The number of aryl methyl sites for hydroxylation is 1. The first-order valence-corrected chi connectivity index (χ1v) is 6.62. The van der Waals surface area contributed by atoms with Crippen molar-refractivity contribution in [3.05, 3.63) is 53.6 Å². The van der Waals surface area contributed by atoms with E-state index < -0.39 is 0 Å². The Morgan fingerprint density at radius 2 is 2.28 bits per heavy atom. The van der Waals surface area contributed by atoms with Crippen molar-refractivity contribution in [2.75, 3.05) is 6.54 Å². The molecule has 0 saturated carbocycles. The van der Waals surface area contributed by atoms with Gasteiger partial charge in [-0.3, -0.25) is 4.90 Å². The maximum atomic E-state index is 4.42. The van der Waals surface area contributed by atoms with Crippen LogP contribution in [-0.4, -0.2) is 21.4 Å². The molecule has 0 radical (unpaired) electrons. The molecule has 0 aliphatic carbocycles. The van der Waals surface area contributed by atoms with E-state index in [-0.39, 0.29) is 0 Å². The molecule has 3 rings (SSSR count). The van der Waals surface area contributed by atoms with Gasteiger partial charge in [0.15, 0.2) is 0 Å². The number of aromatic amines is 1. The molecule has 1 unspecified atom stereocenters. The number of likely N-dealkylation sites (tertiary alicyclic amines) is 1. The van der Waals surface area contributed by atoms with Crippen LogP contribution in [0, 0.1) is 6.92 Å². The first-order valence-electron chi connectivity index (χ1n) is 6.62. The fourth-order valence-electron chi connectivity index (χ4n) is 2.79. The minimum absolute atomic E-state index is 0.458. The van der Waals surface area contributed by atoms with Crippen LogP contribution in [0.4, 0.5) is 0 Å². The van der Waals surface area contributed by atoms with Crippen LogP contribution in [0.2, 0.25) is 0 Å². The number of hydrogen-bond donors (Lipinski definition) is 1. The number of hydrogen-bond acceptors (Lipinski definition) is 2. The maximum absolute atomic E-state index is 4.42. The van der Waals surface area contributed by atoms with Crippen molar-refractivity contribution in [2.45, 2.75) is 32.4 Å². The van der Waals surface area contributed by atoms with Crippen molar-refractivity contribution in [1.29, 1.82) is 0 Å². The quantitative estimate of drug-likeness (QED) is 0.895. The second kappa shape index (κ2) is 4.94. The summed E-state index contributed by atoms with van der Waals surface area (Å²) < 4.78 is 0. The van der Waals surface area contributed by atoms with Crippen molar-refractivity contribution in [1.82, 2.24) is 14.9 Å². The van der Waals surface area contributed by atoms with Gasteiger partial charge in [-0.25, -0.2) is 4.98 Å². The molecule has 0 spiro atoms. The van der Waals surface area contributed by atoms with E-state index in [9.17, 15) is 0 Å². The molecule has 1 saturated heterocycles. The molecule has 1 aliphatic rings. The number of imidazole rings is 1. The number of benzene rings is 1. The van der Waals surface area contributed by atoms with Crippen molar-refractivity contribution >= 4 is 0 Å². The van der Waals surface area contributed by atoms with Gasteiger partial charge in [-0.05, 0) is 37.4 Å². The molecule has 1 aliphatic heterocycles. The number of rotatable bonds is 3. The first kappa shape index (κ1) is 11.5. The Hall–Kier alpha value is -1.61. The van der Waals surface area contributed by atoms with Crippen molar-refractivity contribution < 1.29 is 0 Å². The summed E-state index contributed by atoms with van der Waals surface area (Å²) in [7, 11) is 0. The van der Waals surface area contributed by atoms with Crippen LogP contribution in [0.25, 0.3) is 0 Å². The Morgan fingerprint density at radius 3 is 3.06 bits per heavy atom. The lowest BCUT2D eigenvalue weighted by Gasteiger charge is -2.23. The molecular weight excluding hydrogens is 222 g/mol. The average molecular weight is 241 g/mol. The van der Waals surface area contributed by atoms with E-state index >= 15 is 0 Å². The Balaban J connectivity index is 1.78. The third kappa shape index (κ3) is 2.18. The standard InChI is InChI=1S/C15H19N3/c1-12-5-2-3-6-13(12)11-18-10-4-7-14(18)15-16-8-9-17-15/h2-3,5-6,8-9,14H,4,7,10-11H2,1H3,(H,16,17). The second-order valence-electron chi connectivity index (χ2n) is 5.03. The summed E-state index contributed by atoms with van der Waals surface area (Å²) in [6.45, 7) is 4.38. The number of nitrogens with zero attached hydrogens (tertiary/aromatic N) is 2. The molecule has 1 atom stereocenters. The van der Waals surface area contributed by atoms with Gasteiger partial charge in [0.1, 0.15) is 5.82 Å². The van der Waals surface area contributed by atoms with E-state index in [1.807, 2.05) is 12.4 Å². The zero-order chi connectivity index (χ0) is 12.4. The molecule has 3 heteroatoms. The van der Waals surface area contributed by atoms with Gasteiger partial charge in [-0.15, -0.1) is 0 Å². The van der Waals surface area contributed by atoms with E-state index in [2.05, 4.69) is 46.1 Å². The molecular formula is C15H19N3. The van der Waals surface area contributed by atoms with Gasteiger partial charge in [0.05, 0.1) is 6.04 Å². The maximum Gasteiger partial charge on any atom is 0.123 e. The highest BCUT2D eigenvalue weighted by Gasteiger charge is 2.27. The van der Waals surface area contributed by atoms with E-state index in [1.165, 1.54) is 30.5 Å².